The van der Waals surface area contributed by atoms with Crippen molar-refractivity contribution in [2.75, 3.05) is 26.1 Å². The Hall–Kier alpha value is -2.95. The Balaban J connectivity index is 1.88. The fraction of sp³-hybridized carbons (Fsp3) is 0.250. The van der Waals surface area contributed by atoms with Crippen molar-refractivity contribution in [3.05, 3.63) is 41.0 Å². The van der Waals surface area contributed by atoms with Crippen LogP contribution in [0.1, 0.15) is 16.7 Å². The minimum atomic E-state index is 0.301. The van der Waals surface area contributed by atoms with Gasteiger partial charge in [-0.05, 0) is 41.3 Å². The fourth-order valence-electron chi connectivity index (χ4n) is 4.17. The van der Waals surface area contributed by atoms with Crippen LogP contribution in [-0.2, 0) is 12.8 Å². The molecule has 1 aliphatic carbocycles. The van der Waals surface area contributed by atoms with Gasteiger partial charge in [-0.1, -0.05) is 0 Å². The summed E-state index contributed by atoms with van der Waals surface area (Å²) < 4.78 is 11.1. The summed E-state index contributed by atoms with van der Waals surface area (Å²) in [6, 6.07) is 7.49. The third kappa shape index (κ3) is 1.86. The molecule has 0 radical (unpaired) electrons. The molecule has 25 heavy (non-hydrogen) atoms. The van der Waals surface area contributed by atoms with E-state index in [1.54, 1.807) is 20.3 Å². The number of hydrogen-bond acceptors (Lipinski definition) is 5. The predicted octanol–water partition coefficient (Wildman–Crippen LogP) is 3.50. The number of phenolic OH excluding ortho intramolecular Hbond substituents is 1. The number of fused-ring (bicyclic) bond motifs is 4. The summed E-state index contributed by atoms with van der Waals surface area (Å²) >= 11 is 0. The molecule has 0 atom stereocenters. The van der Waals surface area contributed by atoms with Gasteiger partial charge >= 0.3 is 0 Å². The van der Waals surface area contributed by atoms with Crippen LogP contribution in [0.25, 0.3) is 22.2 Å². The Morgan fingerprint density at radius 2 is 2.00 bits per heavy atom. The van der Waals surface area contributed by atoms with Crippen LogP contribution in [-0.4, -0.2) is 30.9 Å². The monoisotopic (exact) mass is 334 g/mol. The van der Waals surface area contributed by atoms with E-state index in [0.29, 0.717) is 11.5 Å². The lowest BCUT2D eigenvalue weighted by atomic mass is 9.93. The maximum absolute atomic E-state index is 9.82. The summed E-state index contributed by atoms with van der Waals surface area (Å²) in [5.74, 6) is 1.71. The lowest BCUT2D eigenvalue weighted by molar-refractivity contribution is 0.357. The number of benzene rings is 2. The Kier molecular flexibility index (Phi) is 2.89. The van der Waals surface area contributed by atoms with Gasteiger partial charge in [-0.15, -0.1) is 0 Å². The zero-order valence-corrected chi connectivity index (χ0v) is 14.1. The topological polar surface area (TPSA) is 63.6 Å². The highest BCUT2D eigenvalue weighted by Gasteiger charge is 2.29. The van der Waals surface area contributed by atoms with Gasteiger partial charge in [0, 0.05) is 30.0 Å². The molecular weight excluding hydrogens is 316 g/mol. The molecule has 2 aliphatic rings. The second-order valence-electron chi connectivity index (χ2n) is 6.49. The average Bonchev–Trinajstić information content (AvgIpc) is 2.99. The zero-order valence-electron chi connectivity index (χ0n) is 14.1. The van der Waals surface area contributed by atoms with Gasteiger partial charge in [-0.2, -0.15) is 0 Å². The SMILES string of the molecule is COc1cc2nc3c(c4c2c(c1OC)NCC4)Cc1cc(O)ccc1-3. The average molecular weight is 334 g/mol. The molecule has 5 rings (SSSR count). The molecule has 0 amide bonds. The number of aromatic nitrogens is 1. The number of ether oxygens (including phenoxy) is 2. The van der Waals surface area contributed by atoms with Crippen LogP contribution in [0.2, 0.25) is 0 Å². The van der Waals surface area contributed by atoms with Crippen LogP contribution in [0, 0.1) is 0 Å². The van der Waals surface area contributed by atoms with Gasteiger partial charge in [-0.25, -0.2) is 4.98 Å². The third-order valence-electron chi connectivity index (χ3n) is 5.22. The fourth-order valence-corrected chi connectivity index (χ4v) is 4.17. The third-order valence-corrected chi connectivity index (χ3v) is 5.22. The second-order valence-corrected chi connectivity index (χ2v) is 6.49. The first-order valence-electron chi connectivity index (χ1n) is 8.38. The van der Waals surface area contributed by atoms with E-state index in [1.165, 1.54) is 11.1 Å². The van der Waals surface area contributed by atoms with E-state index in [1.807, 2.05) is 18.2 Å². The van der Waals surface area contributed by atoms with Gasteiger partial charge in [0.2, 0.25) is 0 Å². The van der Waals surface area contributed by atoms with Crippen molar-refractivity contribution in [1.29, 1.82) is 0 Å². The molecule has 3 aromatic rings. The summed E-state index contributed by atoms with van der Waals surface area (Å²) in [5, 5.41) is 14.4. The van der Waals surface area contributed by atoms with Crippen molar-refractivity contribution in [2.45, 2.75) is 12.8 Å². The van der Waals surface area contributed by atoms with Crippen LogP contribution in [0.4, 0.5) is 5.69 Å². The first kappa shape index (κ1) is 14.4. The van der Waals surface area contributed by atoms with Gasteiger partial charge < -0.3 is 19.9 Å². The number of pyridine rings is 1. The predicted molar refractivity (Wildman–Crippen MR) is 96.9 cm³/mol. The maximum Gasteiger partial charge on any atom is 0.184 e. The molecule has 1 aromatic heterocycles. The summed E-state index contributed by atoms with van der Waals surface area (Å²) in [5.41, 5.74) is 7.74. The van der Waals surface area contributed by atoms with Crippen molar-refractivity contribution in [1.82, 2.24) is 4.98 Å². The lowest BCUT2D eigenvalue weighted by Gasteiger charge is -2.24. The molecule has 2 N–H and O–H groups in total. The molecule has 2 heterocycles. The number of rotatable bonds is 2. The normalized spacial score (nSPS) is 14.0. The molecule has 1 aliphatic heterocycles. The quantitative estimate of drug-likeness (QED) is 0.587. The van der Waals surface area contributed by atoms with E-state index in [9.17, 15) is 5.11 Å². The summed E-state index contributed by atoms with van der Waals surface area (Å²) in [6.45, 7) is 0.851. The lowest BCUT2D eigenvalue weighted by Crippen LogP contribution is -2.15. The van der Waals surface area contributed by atoms with E-state index >= 15 is 0 Å². The van der Waals surface area contributed by atoms with Crippen molar-refractivity contribution in [3.63, 3.8) is 0 Å². The number of nitrogens with zero attached hydrogens (tertiary/aromatic N) is 1. The van der Waals surface area contributed by atoms with Gasteiger partial charge in [0.1, 0.15) is 5.75 Å². The summed E-state index contributed by atoms with van der Waals surface area (Å²) in [6.07, 6.45) is 1.76. The van der Waals surface area contributed by atoms with Crippen molar-refractivity contribution >= 4 is 16.6 Å². The van der Waals surface area contributed by atoms with E-state index in [0.717, 1.165) is 58.5 Å². The highest BCUT2D eigenvalue weighted by atomic mass is 16.5. The van der Waals surface area contributed by atoms with Gasteiger partial charge in [0.15, 0.2) is 11.5 Å². The number of anilines is 1. The smallest absolute Gasteiger partial charge is 0.184 e. The van der Waals surface area contributed by atoms with Gasteiger partial charge in [0.25, 0.3) is 0 Å². The first-order chi connectivity index (χ1) is 12.2. The second kappa shape index (κ2) is 5.02. The van der Waals surface area contributed by atoms with E-state index in [4.69, 9.17) is 14.5 Å². The molecule has 0 bridgehead atoms. The van der Waals surface area contributed by atoms with Crippen molar-refractivity contribution in [3.8, 4) is 28.5 Å². The first-order valence-corrected chi connectivity index (χ1v) is 8.38. The molecule has 0 saturated heterocycles. The molecule has 5 nitrogen and oxygen atoms in total. The highest BCUT2D eigenvalue weighted by Crippen LogP contribution is 2.48. The van der Waals surface area contributed by atoms with Crippen molar-refractivity contribution < 1.29 is 14.6 Å². The van der Waals surface area contributed by atoms with E-state index in [2.05, 4.69) is 5.32 Å². The number of aromatic hydroxyl groups is 1. The zero-order chi connectivity index (χ0) is 17.1. The molecule has 5 heteroatoms. The number of hydrogen-bond donors (Lipinski definition) is 2. The summed E-state index contributed by atoms with van der Waals surface area (Å²) in [4.78, 5) is 4.96. The van der Waals surface area contributed by atoms with E-state index < -0.39 is 0 Å². The molecule has 0 spiro atoms. The molecule has 0 saturated carbocycles. The number of methoxy groups -OCH3 is 2. The van der Waals surface area contributed by atoms with Crippen LogP contribution < -0.4 is 14.8 Å². The van der Waals surface area contributed by atoms with Crippen LogP contribution in [0.3, 0.4) is 0 Å². The Labute approximate surface area is 145 Å². The van der Waals surface area contributed by atoms with E-state index in [-0.39, 0.29) is 0 Å². The molecule has 2 aromatic carbocycles. The largest absolute Gasteiger partial charge is 0.508 e. The Morgan fingerprint density at radius 1 is 1.12 bits per heavy atom. The van der Waals surface area contributed by atoms with Gasteiger partial charge in [0.05, 0.1) is 31.1 Å². The minimum Gasteiger partial charge on any atom is -0.508 e. The van der Waals surface area contributed by atoms with Crippen LogP contribution >= 0.6 is 0 Å². The van der Waals surface area contributed by atoms with Crippen LogP contribution in [0.5, 0.6) is 17.2 Å². The number of phenols is 1. The maximum atomic E-state index is 9.82. The van der Waals surface area contributed by atoms with Gasteiger partial charge in [-0.3, -0.25) is 0 Å². The minimum absolute atomic E-state index is 0.301. The molecule has 126 valence electrons. The molecule has 0 unspecified atom stereocenters. The van der Waals surface area contributed by atoms with Crippen LogP contribution in [0.15, 0.2) is 24.3 Å². The Morgan fingerprint density at radius 3 is 2.80 bits per heavy atom. The van der Waals surface area contributed by atoms with Crippen molar-refractivity contribution in [2.24, 2.45) is 0 Å². The standard InChI is InChI=1S/C20H18N2O3/c1-24-16-9-15-17-13(5-6-21-19(17)20(16)25-2)14-8-10-7-11(23)3-4-12(10)18(14)22-15/h3-4,7,9,21,23H,5-6,8H2,1-2H3. The Bertz CT molecular complexity index is 1040. The molecule has 0 fully saturated rings. The molecular formula is C20H18N2O3. The summed E-state index contributed by atoms with van der Waals surface area (Å²) in [7, 11) is 3.31. The number of nitrogens with one attached hydrogen (secondary N) is 1. The highest BCUT2D eigenvalue weighted by molar-refractivity contribution is 6.03.